The Balaban J connectivity index is 2.25. The smallest absolute Gasteiger partial charge is 0.164 e. The molecule has 19 heavy (non-hydrogen) atoms. The lowest BCUT2D eigenvalue weighted by Gasteiger charge is -2.20. The number of carbonyl (C=O) groups excluding carboxylic acids is 2. The Morgan fingerprint density at radius 1 is 0.895 bits per heavy atom. The van der Waals surface area contributed by atoms with Crippen molar-refractivity contribution in [2.45, 2.75) is 39.2 Å². The van der Waals surface area contributed by atoms with E-state index in [0.29, 0.717) is 24.0 Å². The normalized spacial score (nSPS) is 15.9. The van der Waals surface area contributed by atoms with Gasteiger partial charge in [0, 0.05) is 52.7 Å². The van der Waals surface area contributed by atoms with Crippen molar-refractivity contribution in [3.63, 3.8) is 0 Å². The lowest BCUT2D eigenvalue weighted by molar-refractivity contribution is 0.0890. The van der Waals surface area contributed by atoms with E-state index in [0.717, 1.165) is 10.8 Å². The minimum absolute atomic E-state index is 0.00640. The molecule has 0 spiro atoms. The van der Waals surface area contributed by atoms with Crippen molar-refractivity contribution in [1.82, 2.24) is 4.57 Å². The molecule has 0 saturated carbocycles. The second-order valence-electron chi connectivity index (χ2n) is 6.21. The highest BCUT2D eigenvalue weighted by molar-refractivity contribution is 6.16. The zero-order valence-corrected chi connectivity index (χ0v) is 11.5. The van der Waals surface area contributed by atoms with Gasteiger partial charge in [0.1, 0.15) is 0 Å². The van der Waals surface area contributed by atoms with Crippen LogP contribution in [0.5, 0.6) is 0 Å². The number of rotatable bonds is 0. The summed E-state index contributed by atoms with van der Waals surface area (Å²) in [7, 11) is 0. The molecule has 1 heterocycles. The summed E-state index contributed by atoms with van der Waals surface area (Å²) in [6.07, 6.45) is 4.78. The first-order valence-corrected chi connectivity index (χ1v) is 6.59. The third-order valence-corrected chi connectivity index (χ3v) is 3.73. The summed E-state index contributed by atoms with van der Waals surface area (Å²) in [5, 5.41) is 2.05. The molecular weight excluding hydrogens is 238 g/mol. The monoisotopic (exact) mass is 255 g/mol. The molecule has 3 heteroatoms. The highest BCUT2D eigenvalue weighted by atomic mass is 16.1. The lowest BCUT2D eigenvalue weighted by Crippen LogP contribution is -2.19. The Bertz CT molecular complexity index is 648. The van der Waals surface area contributed by atoms with Gasteiger partial charge in [0.15, 0.2) is 11.6 Å². The number of aromatic nitrogens is 1. The van der Waals surface area contributed by atoms with Crippen molar-refractivity contribution >= 4 is 22.3 Å². The van der Waals surface area contributed by atoms with Crippen molar-refractivity contribution in [3.05, 3.63) is 35.7 Å². The predicted octanol–water partition coefficient (Wildman–Crippen LogP) is 3.56. The standard InChI is InChI=1S/C16H17NO2/c1-16(2,3)17-8-10-6-12-13(7-11(10)9-17)15(19)5-4-14(12)18/h6-9H,4-5H2,1-3H3. The van der Waals surface area contributed by atoms with Crippen LogP contribution in [0.4, 0.5) is 0 Å². The molecule has 0 atom stereocenters. The first kappa shape index (κ1) is 12.2. The summed E-state index contributed by atoms with van der Waals surface area (Å²) in [5.41, 5.74) is 1.18. The first-order valence-electron chi connectivity index (χ1n) is 6.59. The Morgan fingerprint density at radius 2 is 1.32 bits per heavy atom. The van der Waals surface area contributed by atoms with Crippen molar-refractivity contribution in [2.24, 2.45) is 0 Å². The molecule has 0 fully saturated rings. The van der Waals surface area contributed by atoms with Crippen LogP contribution < -0.4 is 0 Å². The number of fused-ring (bicyclic) bond motifs is 2. The lowest BCUT2D eigenvalue weighted by atomic mass is 9.88. The van der Waals surface area contributed by atoms with Crippen LogP contribution in [0.25, 0.3) is 10.8 Å². The van der Waals surface area contributed by atoms with E-state index < -0.39 is 0 Å². The average molecular weight is 255 g/mol. The molecule has 0 unspecified atom stereocenters. The number of hydrogen-bond donors (Lipinski definition) is 0. The van der Waals surface area contributed by atoms with Crippen LogP contribution in [0.2, 0.25) is 0 Å². The van der Waals surface area contributed by atoms with Gasteiger partial charge in [0.25, 0.3) is 0 Å². The maximum atomic E-state index is 11.9. The first-order chi connectivity index (χ1) is 8.86. The van der Waals surface area contributed by atoms with Crippen molar-refractivity contribution in [1.29, 1.82) is 0 Å². The molecule has 0 aliphatic heterocycles. The van der Waals surface area contributed by atoms with Gasteiger partial charge < -0.3 is 4.57 Å². The fourth-order valence-electron chi connectivity index (χ4n) is 2.54. The van der Waals surface area contributed by atoms with Crippen molar-refractivity contribution < 1.29 is 9.59 Å². The highest BCUT2D eigenvalue weighted by Gasteiger charge is 2.24. The minimum atomic E-state index is -0.00640. The van der Waals surface area contributed by atoms with Crippen molar-refractivity contribution in [2.75, 3.05) is 0 Å². The molecule has 0 N–H and O–H groups in total. The summed E-state index contributed by atoms with van der Waals surface area (Å²) in [6, 6.07) is 3.73. The van der Waals surface area contributed by atoms with E-state index in [1.165, 1.54) is 0 Å². The van der Waals surface area contributed by atoms with Gasteiger partial charge in [-0.15, -0.1) is 0 Å². The molecule has 1 aromatic heterocycles. The summed E-state index contributed by atoms with van der Waals surface area (Å²) in [4.78, 5) is 23.8. The zero-order chi connectivity index (χ0) is 13.8. The topological polar surface area (TPSA) is 39.1 Å². The highest BCUT2D eigenvalue weighted by Crippen LogP contribution is 2.29. The van der Waals surface area contributed by atoms with Gasteiger partial charge in [-0.1, -0.05) is 0 Å². The predicted molar refractivity (Wildman–Crippen MR) is 74.8 cm³/mol. The van der Waals surface area contributed by atoms with Crippen LogP contribution in [0, 0.1) is 0 Å². The van der Waals surface area contributed by atoms with E-state index >= 15 is 0 Å². The molecule has 1 aromatic carbocycles. The van der Waals surface area contributed by atoms with Crippen LogP contribution >= 0.6 is 0 Å². The number of hydrogen-bond acceptors (Lipinski definition) is 2. The fourth-order valence-corrected chi connectivity index (χ4v) is 2.54. The second kappa shape index (κ2) is 3.80. The van der Waals surface area contributed by atoms with E-state index in [4.69, 9.17) is 0 Å². The third kappa shape index (κ3) is 1.89. The maximum absolute atomic E-state index is 11.9. The molecule has 3 rings (SSSR count). The molecule has 0 bridgehead atoms. The van der Waals surface area contributed by atoms with Gasteiger partial charge in [-0.3, -0.25) is 9.59 Å². The SMILES string of the molecule is CC(C)(C)n1cc2cc3c(cc2c1)C(=O)CCC3=O. The molecule has 3 nitrogen and oxygen atoms in total. The van der Waals surface area contributed by atoms with Gasteiger partial charge in [-0.2, -0.15) is 0 Å². The van der Waals surface area contributed by atoms with E-state index in [9.17, 15) is 9.59 Å². The summed E-state index contributed by atoms with van der Waals surface area (Å²) in [6.45, 7) is 6.38. The summed E-state index contributed by atoms with van der Waals surface area (Å²) in [5.74, 6) is 0.167. The van der Waals surface area contributed by atoms with Gasteiger partial charge in [-0.25, -0.2) is 0 Å². The number of Topliss-reactive ketones (excluding diaryl/α,β-unsaturated/α-hetero) is 2. The number of benzene rings is 1. The fraction of sp³-hybridized carbons (Fsp3) is 0.375. The number of ketones is 2. The van der Waals surface area contributed by atoms with E-state index in [1.54, 1.807) is 0 Å². The van der Waals surface area contributed by atoms with Crippen LogP contribution in [0.1, 0.15) is 54.3 Å². The van der Waals surface area contributed by atoms with Gasteiger partial charge in [0.05, 0.1) is 0 Å². The zero-order valence-electron chi connectivity index (χ0n) is 11.5. The van der Waals surface area contributed by atoms with Gasteiger partial charge in [-0.05, 0) is 32.9 Å². The van der Waals surface area contributed by atoms with Crippen LogP contribution in [-0.2, 0) is 5.54 Å². The second-order valence-corrected chi connectivity index (χ2v) is 6.21. The number of carbonyl (C=O) groups is 2. The largest absolute Gasteiger partial charge is 0.348 e. The van der Waals surface area contributed by atoms with Gasteiger partial charge in [0.2, 0.25) is 0 Å². The molecule has 98 valence electrons. The van der Waals surface area contributed by atoms with E-state index in [-0.39, 0.29) is 17.1 Å². The average Bonchev–Trinajstić information content (AvgIpc) is 2.75. The van der Waals surface area contributed by atoms with Gasteiger partial charge >= 0.3 is 0 Å². The quantitative estimate of drug-likeness (QED) is 0.722. The molecule has 1 aliphatic carbocycles. The molecule has 0 amide bonds. The Labute approximate surface area is 112 Å². The molecule has 0 saturated heterocycles. The summed E-state index contributed by atoms with van der Waals surface area (Å²) < 4.78 is 2.12. The molecular formula is C16H17NO2. The Hall–Kier alpha value is -1.90. The molecule has 1 aliphatic rings. The van der Waals surface area contributed by atoms with Crippen LogP contribution in [-0.4, -0.2) is 16.1 Å². The molecule has 2 aromatic rings. The Kier molecular flexibility index (Phi) is 2.43. The third-order valence-electron chi connectivity index (χ3n) is 3.73. The van der Waals surface area contributed by atoms with E-state index in [2.05, 4.69) is 25.3 Å². The van der Waals surface area contributed by atoms with Crippen LogP contribution in [0.15, 0.2) is 24.5 Å². The number of nitrogens with zero attached hydrogens (tertiary/aromatic N) is 1. The Morgan fingerprint density at radius 3 is 1.68 bits per heavy atom. The van der Waals surface area contributed by atoms with Crippen molar-refractivity contribution in [3.8, 4) is 0 Å². The maximum Gasteiger partial charge on any atom is 0.164 e. The summed E-state index contributed by atoms with van der Waals surface area (Å²) >= 11 is 0. The van der Waals surface area contributed by atoms with E-state index in [1.807, 2.05) is 24.5 Å². The molecule has 0 radical (unpaired) electrons. The minimum Gasteiger partial charge on any atom is -0.348 e. The van der Waals surface area contributed by atoms with Crippen LogP contribution in [0.3, 0.4) is 0 Å².